The van der Waals surface area contributed by atoms with E-state index in [9.17, 15) is 33.9 Å². The molecule has 0 aliphatic carbocycles. The van der Waals surface area contributed by atoms with Gasteiger partial charge in [-0.05, 0) is 17.9 Å². The van der Waals surface area contributed by atoms with Gasteiger partial charge in [0, 0.05) is 6.42 Å². The van der Waals surface area contributed by atoms with Gasteiger partial charge in [0.25, 0.3) is 0 Å². The molecule has 3 amide bonds. The van der Waals surface area contributed by atoms with Crippen LogP contribution in [0.15, 0.2) is 30.3 Å². The van der Waals surface area contributed by atoms with E-state index in [1.807, 2.05) is 0 Å². The lowest BCUT2D eigenvalue weighted by atomic mass is 10.0. The second-order valence-electron chi connectivity index (χ2n) is 8.64. The number of carboxylic acids is 3. The fourth-order valence-corrected chi connectivity index (χ4v) is 3.24. The van der Waals surface area contributed by atoms with E-state index in [-0.39, 0.29) is 18.8 Å². The number of nitrogens with two attached hydrogens (primary N) is 1. The van der Waals surface area contributed by atoms with Gasteiger partial charge in [0.15, 0.2) is 0 Å². The maximum absolute atomic E-state index is 13.1. The van der Waals surface area contributed by atoms with Gasteiger partial charge in [0.1, 0.15) is 18.1 Å². The molecule has 1 aromatic carbocycles. The molecule has 0 saturated carbocycles. The highest BCUT2D eigenvalue weighted by Gasteiger charge is 2.31. The lowest BCUT2D eigenvalue weighted by Crippen LogP contribution is -2.58. The van der Waals surface area contributed by atoms with Gasteiger partial charge < -0.3 is 37.0 Å². The van der Waals surface area contributed by atoms with Gasteiger partial charge in [-0.25, -0.2) is 4.79 Å². The van der Waals surface area contributed by atoms with E-state index in [0.29, 0.717) is 5.56 Å². The van der Waals surface area contributed by atoms with Crippen LogP contribution in [0.5, 0.6) is 0 Å². The summed E-state index contributed by atoms with van der Waals surface area (Å²) in [5.41, 5.74) is 6.20. The van der Waals surface area contributed by atoms with E-state index in [2.05, 4.69) is 16.0 Å². The Morgan fingerprint density at radius 2 is 1.25 bits per heavy atom. The molecule has 8 N–H and O–H groups in total. The molecule has 4 atom stereocenters. The van der Waals surface area contributed by atoms with E-state index in [4.69, 9.17) is 15.9 Å². The lowest BCUT2D eigenvalue weighted by Gasteiger charge is -2.26. The largest absolute Gasteiger partial charge is 0.481 e. The van der Waals surface area contributed by atoms with Crippen molar-refractivity contribution in [2.45, 2.75) is 63.7 Å². The fourth-order valence-electron chi connectivity index (χ4n) is 3.24. The van der Waals surface area contributed by atoms with E-state index in [1.165, 1.54) is 0 Å². The Morgan fingerprint density at radius 1 is 0.750 bits per heavy atom. The second kappa shape index (κ2) is 14.4. The molecule has 0 radical (unpaired) electrons. The molecule has 36 heavy (non-hydrogen) atoms. The van der Waals surface area contributed by atoms with Crippen LogP contribution in [0.1, 0.15) is 38.7 Å². The molecule has 0 heterocycles. The first kappa shape index (κ1) is 30.0. The van der Waals surface area contributed by atoms with Crippen LogP contribution in [-0.2, 0) is 35.2 Å². The van der Waals surface area contributed by atoms with Crippen LogP contribution in [0.4, 0.5) is 0 Å². The Hall–Kier alpha value is -4.00. The maximum Gasteiger partial charge on any atom is 0.326 e. The zero-order chi connectivity index (χ0) is 27.4. The fraction of sp³-hybridized carbons (Fsp3) is 0.478. The molecular formula is C23H32N4O9. The van der Waals surface area contributed by atoms with Crippen LogP contribution < -0.4 is 21.7 Å². The van der Waals surface area contributed by atoms with Crippen molar-refractivity contribution in [2.75, 3.05) is 0 Å². The molecule has 0 saturated heterocycles. The van der Waals surface area contributed by atoms with Crippen molar-refractivity contribution < 1.29 is 44.1 Å². The molecule has 0 fully saturated rings. The summed E-state index contributed by atoms with van der Waals surface area (Å²) in [6, 6.07) is 2.87. The minimum Gasteiger partial charge on any atom is -0.481 e. The molecule has 13 nitrogen and oxygen atoms in total. The van der Waals surface area contributed by atoms with Gasteiger partial charge in [0.05, 0.1) is 18.9 Å². The van der Waals surface area contributed by atoms with Crippen molar-refractivity contribution in [3.63, 3.8) is 0 Å². The number of benzene rings is 1. The quantitative estimate of drug-likeness (QED) is 0.154. The smallest absolute Gasteiger partial charge is 0.326 e. The topological polar surface area (TPSA) is 225 Å². The van der Waals surface area contributed by atoms with Gasteiger partial charge in [0.2, 0.25) is 17.7 Å². The molecule has 1 rings (SSSR count). The predicted octanol–water partition coefficient (Wildman–Crippen LogP) is -0.909. The first-order valence-electron chi connectivity index (χ1n) is 11.2. The molecule has 0 bridgehead atoms. The molecule has 198 valence electrons. The summed E-state index contributed by atoms with van der Waals surface area (Å²) in [5, 5.41) is 34.1. The summed E-state index contributed by atoms with van der Waals surface area (Å²) >= 11 is 0. The summed E-state index contributed by atoms with van der Waals surface area (Å²) in [5.74, 6) is -6.97. The third-order valence-electron chi connectivity index (χ3n) is 4.98. The maximum atomic E-state index is 13.1. The normalized spacial score (nSPS) is 14.1. The Kier molecular flexibility index (Phi) is 12.0. The Morgan fingerprint density at radius 3 is 1.75 bits per heavy atom. The van der Waals surface area contributed by atoms with Crippen molar-refractivity contribution in [2.24, 2.45) is 11.7 Å². The first-order chi connectivity index (χ1) is 16.8. The highest BCUT2D eigenvalue weighted by molar-refractivity contribution is 5.95. The highest BCUT2D eigenvalue weighted by Crippen LogP contribution is 2.09. The average Bonchev–Trinajstić information content (AvgIpc) is 2.77. The molecule has 13 heteroatoms. The van der Waals surface area contributed by atoms with Crippen molar-refractivity contribution >= 4 is 35.6 Å². The molecule has 0 aromatic heterocycles. The van der Waals surface area contributed by atoms with Crippen molar-refractivity contribution in [1.82, 2.24) is 16.0 Å². The summed E-state index contributed by atoms with van der Waals surface area (Å²) in [6.45, 7) is 3.56. The van der Waals surface area contributed by atoms with Crippen LogP contribution >= 0.6 is 0 Å². The second-order valence-corrected chi connectivity index (χ2v) is 8.64. The Bertz CT molecular complexity index is 952. The van der Waals surface area contributed by atoms with Crippen molar-refractivity contribution in [1.29, 1.82) is 0 Å². The zero-order valence-corrected chi connectivity index (χ0v) is 20.0. The van der Waals surface area contributed by atoms with Gasteiger partial charge in [-0.3, -0.25) is 24.0 Å². The van der Waals surface area contributed by atoms with Crippen LogP contribution in [-0.4, -0.2) is 75.1 Å². The number of hydrogen-bond acceptors (Lipinski definition) is 7. The van der Waals surface area contributed by atoms with E-state index in [0.717, 1.165) is 0 Å². The number of carbonyl (C=O) groups excluding carboxylic acids is 3. The number of amides is 3. The van der Waals surface area contributed by atoms with E-state index >= 15 is 0 Å². The lowest BCUT2D eigenvalue weighted by molar-refractivity contribution is -0.147. The standard InChI is InChI=1S/C23H32N4O9/c1-12(2)8-15(25-20(32)14(24)10-18(28)29)21(33)26-16(9-13-6-4-3-5-7-13)22(34)27-17(23(35)36)11-19(30)31/h3-7,12,14-17H,8-11,24H2,1-2H3,(H,25,32)(H,26,33)(H,27,34)(H,28,29)(H,30,31)(H,35,36). The summed E-state index contributed by atoms with van der Waals surface area (Å²) < 4.78 is 0. The van der Waals surface area contributed by atoms with E-state index in [1.54, 1.807) is 44.2 Å². The van der Waals surface area contributed by atoms with Crippen molar-refractivity contribution in [3.8, 4) is 0 Å². The zero-order valence-electron chi connectivity index (χ0n) is 20.0. The molecule has 0 aliphatic heterocycles. The number of nitrogens with one attached hydrogen (secondary N) is 3. The molecular weight excluding hydrogens is 476 g/mol. The summed E-state index contributed by atoms with van der Waals surface area (Å²) in [7, 11) is 0. The highest BCUT2D eigenvalue weighted by atomic mass is 16.4. The van der Waals surface area contributed by atoms with Crippen LogP contribution in [0.25, 0.3) is 0 Å². The van der Waals surface area contributed by atoms with Crippen LogP contribution in [0.2, 0.25) is 0 Å². The Balaban J connectivity index is 3.13. The molecule has 1 aromatic rings. The third-order valence-corrected chi connectivity index (χ3v) is 4.98. The monoisotopic (exact) mass is 508 g/mol. The minimum atomic E-state index is -1.73. The molecule has 0 aliphatic rings. The molecule has 0 spiro atoms. The summed E-state index contributed by atoms with van der Waals surface area (Å²) in [4.78, 5) is 71.6. The predicted molar refractivity (Wildman–Crippen MR) is 126 cm³/mol. The van der Waals surface area contributed by atoms with E-state index < -0.39 is 72.6 Å². The summed E-state index contributed by atoms with van der Waals surface area (Å²) in [6.07, 6.45) is -1.45. The molecule has 4 unspecified atom stereocenters. The number of hydrogen-bond donors (Lipinski definition) is 7. The number of carboxylic acid groups (broad SMARTS) is 3. The SMILES string of the molecule is CC(C)CC(NC(=O)C(N)CC(=O)O)C(=O)NC(Cc1ccccc1)C(=O)NC(CC(=O)O)C(=O)O. The van der Waals surface area contributed by atoms with Crippen molar-refractivity contribution in [3.05, 3.63) is 35.9 Å². The van der Waals surface area contributed by atoms with Gasteiger partial charge in [-0.15, -0.1) is 0 Å². The van der Waals surface area contributed by atoms with Crippen LogP contribution in [0, 0.1) is 5.92 Å². The van der Waals surface area contributed by atoms with Gasteiger partial charge >= 0.3 is 17.9 Å². The first-order valence-corrected chi connectivity index (χ1v) is 11.2. The minimum absolute atomic E-state index is 0.0568. The number of carbonyl (C=O) groups is 6. The third kappa shape index (κ3) is 11.0. The average molecular weight is 509 g/mol. The van der Waals surface area contributed by atoms with Gasteiger partial charge in [-0.2, -0.15) is 0 Å². The number of aliphatic carboxylic acids is 3. The van der Waals surface area contributed by atoms with Gasteiger partial charge in [-0.1, -0.05) is 44.2 Å². The Labute approximate surface area is 207 Å². The van der Waals surface area contributed by atoms with Crippen LogP contribution in [0.3, 0.4) is 0 Å². The number of rotatable bonds is 15.